The Balaban J connectivity index is 1.41. The van der Waals surface area contributed by atoms with Crippen LogP contribution in [0.5, 0.6) is 11.5 Å². The number of benzene rings is 1. The molecule has 2 aliphatic rings. The summed E-state index contributed by atoms with van der Waals surface area (Å²) < 4.78 is 13.0. The lowest BCUT2D eigenvalue weighted by atomic mass is 10.2. The van der Waals surface area contributed by atoms with E-state index in [1.54, 1.807) is 24.4 Å². The Bertz CT molecular complexity index is 1050. The van der Waals surface area contributed by atoms with E-state index in [0.717, 1.165) is 42.8 Å². The van der Waals surface area contributed by atoms with Crippen molar-refractivity contribution in [1.82, 2.24) is 19.4 Å². The molecular weight excluding hydrogens is 356 g/mol. The van der Waals surface area contributed by atoms with Gasteiger partial charge in [0.25, 0.3) is 5.91 Å². The largest absolute Gasteiger partial charge is 0.454 e. The van der Waals surface area contributed by atoms with Crippen LogP contribution in [0.15, 0.2) is 36.5 Å². The fraction of sp³-hybridized carbons (Fsp3) is 0.381. The predicted octanol–water partition coefficient (Wildman–Crippen LogP) is 3.20. The number of hydrogen-bond donors (Lipinski definition) is 0. The van der Waals surface area contributed by atoms with E-state index in [1.165, 1.54) is 0 Å². The van der Waals surface area contributed by atoms with Gasteiger partial charge in [0.15, 0.2) is 17.1 Å². The van der Waals surface area contributed by atoms with E-state index in [0.29, 0.717) is 23.6 Å². The van der Waals surface area contributed by atoms with E-state index in [1.807, 2.05) is 17.0 Å². The number of nitrogens with zero attached hydrogens (tertiary/aromatic N) is 4. The third-order valence-electron chi connectivity index (χ3n) is 5.43. The van der Waals surface area contributed by atoms with Crippen molar-refractivity contribution >= 4 is 17.1 Å². The SMILES string of the molecule is CCCc1nc2cccnc2n1C1CCN(C(=O)c2ccc3c(c2)OCO3)C1. The van der Waals surface area contributed by atoms with Crippen molar-refractivity contribution in [1.29, 1.82) is 0 Å². The molecule has 144 valence electrons. The summed E-state index contributed by atoms with van der Waals surface area (Å²) in [5.41, 5.74) is 2.46. The van der Waals surface area contributed by atoms with Crippen molar-refractivity contribution in [2.45, 2.75) is 32.2 Å². The summed E-state index contributed by atoms with van der Waals surface area (Å²) in [5, 5.41) is 0. The van der Waals surface area contributed by atoms with Gasteiger partial charge in [-0.15, -0.1) is 0 Å². The molecule has 0 N–H and O–H groups in total. The lowest BCUT2D eigenvalue weighted by molar-refractivity contribution is 0.0787. The Morgan fingerprint density at radius 2 is 2.14 bits per heavy atom. The summed E-state index contributed by atoms with van der Waals surface area (Å²) in [4.78, 5) is 24.3. The first-order valence-corrected chi connectivity index (χ1v) is 9.75. The Labute approximate surface area is 162 Å². The summed E-state index contributed by atoms with van der Waals surface area (Å²) in [5.74, 6) is 2.40. The van der Waals surface area contributed by atoms with Gasteiger partial charge in [0.05, 0.1) is 6.04 Å². The maximum atomic E-state index is 13.0. The first-order valence-electron chi connectivity index (χ1n) is 9.75. The molecule has 2 aliphatic heterocycles. The number of carbonyl (C=O) groups excluding carboxylic acids is 1. The molecule has 1 aromatic carbocycles. The number of imidazole rings is 1. The number of likely N-dealkylation sites (tertiary alicyclic amines) is 1. The molecule has 7 nitrogen and oxygen atoms in total. The topological polar surface area (TPSA) is 69.5 Å². The second kappa shape index (κ2) is 6.82. The lowest BCUT2D eigenvalue weighted by Gasteiger charge is -2.19. The van der Waals surface area contributed by atoms with Crippen LogP contribution in [-0.2, 0) is 6.42 Å². The first-order chi connectivity index (χ1) is 13.7. The molecule has 7 heteroatoms. The number of pyridine rings is 1. The van der Waals surface area contributed by atoms with Crippen LogP contribution in [0.2, 0.25) is 0 Å². The van der Waals surface area contributed by atoms with Crippen LogP contribution >= 0.6 is 0 Å². The zero-order chi connectivity index (χ0) is 19.1. The fourth-order valence-corrected chi connectivity index (χ4v) is 4.11. The number of carbonyl (C=O) groups is 1. The average molecular weight is 378 g/mol. The predicted molar refractivity (Wildman–Crippen MR) is 104 cm³/mol. The average Bonchev–Trinajstić information content (AvgIpc) is 3.44. The summed E-state index contributed by atoms with van der Waals surface area (Å²) in [6.07, 6.45) is 4.63. The third-order valence-corrected chi connectivity index (χ3v) is 5.43. The van der Waals surface area contributed by atoms with Crippen molar-refractivity contribution in [3.05, 3.63) is 47.9 Å². The van der Waals surface area contributed by atoms with Crippen molar-refractivity contribution in [3.63, 3.8) is 0 Å². The van der Waals surface area contributed by atoms with Gasteiger partial charge in [-0.2, -0.15) is 0 Å². The molecule has 1 saturated heterocycles. The molecule has 0 bridgehead atoms. The van der Waals surface area contributed by atoms with Crippen molar-refractivity contribution in [2.24, 2.45) is 0 Å². The van der Waals surface area contributed by atoms with Crippen molar-refractivity contribution in [2.75, 3.05) is 19.9 Å². The first kappa shape index (κ1) is 17.0. The van der Waals surface area contributed by atoms with Crippen LogP contribution in [0.4, 0.5) is 0 Å². The number of rotatable bonds is 4. The zero-order valence-electron chi connectivity index (χ0n) is 15.8. The second-order valence-electron chi connectivity index (χ2n) is 7.26. The molecule has 28 heavy (non-hydrogen) atoms. The van der Waals surface area contributed by atoms with Crippen LogP contribution in [0.25, 0.3) is 11.2 Å². The van der Waals surface area contributed by atoms with Gasteiger partial charge in [0.2, 0.25) is 6.79 Å². The number of aromatic nitrogens is 3. The fourth-order valence-electron chi connectivity index (χ4n) is 4.11. The standard InChI is InChI=1S/C21H22N4O3/c1-2-4-19-23-16-5-3-9-22-20(16)25(19)15-8-10-24(12-15)21(26)14-6-7-17-18(11-14)28-13-27-17/h3,5-7,9,11,15H,2,4,8,10,12-13H2,1H3. The Morgan fingerprint density at radius 1 is 1.25 bits per heavy atom. The minimum Gasteiger partial charge on any atom is -0.454 e. The van der Waals surface area contributed by atoms with Gasteiger partial charge in [-0.3, -0.25) is 4.79 Å². The number of ether oxygens (including phenoxy) is 2. The van der Waals surface area contributed by atoms with E-state index in [2.05, 4.69) is 16.5 Å². The number of amides is 1. The third kappa shape index (κ3) is 2.78. The molecular formula is C21H22N4O3. The zero-order valence-corrected chi connectivity index (χ0v) is 15.8. The van der Waals surface area contributed by atoms with Gasteiger partial charge in [-0.05, 0) is 43.2 Å². The highest BCUT2D eigenvalue weighted by Crippen LogP contribution is 2.34. The smallest absolute Gasteiger partial charge is 0.254 e. The van der Waals surface area contributed by atoms with Gasteiger partial charge < -0.3 is 18.9 Å². The summed E-state index contributed by atoms with van der Waals surface area (Å²) in [7, 11) is 0. The Hall–Kier alpha value is -3.09. The van der Waals surface area contributed by atoms with Crippen LogP contribution in [-0.4, -0.2) is 45.2 Å². The number of fused-ring (bicyclic) bond motifs is 2. The maximum Gasteiger partial charge on any atom is 0.254 e. The maximum absolute atomic E-state index is 13.0. The van der Waals surface area contributed by atoms with E-state index in [-0.39, 0.29) is 18.7 Å². The van der Waals surface area contributed by atoms with Crippen molar-refractivity contribution in [3.8, 4) is 11.5 Å². The molecule has 0 saturated carbocycles. The summed E-state index contributed by atoms with van der Waals surface area (Å²) >= 11 is 0. The van der Waals surface area contributed by atoms with Gasteiger partial charge in [0.1, 0.15) is 11.3 Å². The molecule has 1 amide bonds. The molecule has 1 atom stereocenters. The molecule has 5 rings (SSSR count). The monoisotopic (exact) mass is 378 g/mol. The highest BCUT2D eigenvalue weighted by atomic mass is 16.7. The van der Waals surface area contributed by atoms with Crippen LogP contribution in [0.3, 0.4) is 0 Å². The van der Waals surface area contributed by atoms with Gasteiger partial charge >= 0.3 is 0 Å². The van der Waals surface area contributed by atoms with E-state index < -0.39 is 0 Å². The molecule has 1 unspecified atom stereocenters. The highest BCUT2D eigenvalue weighted by Gasteiger charge is 2.31. The Kier molecular flexibility index (Phi) is 4.15. The molecule has 1 fully saturated rings. The lowest BCUT2D eigenvalue weighted by Crippen LogP contribution is -2.29. The van der Waals surface area contributed by atoms with Crippen molar-refractivity contribution < 1.29 is 14.3 Å². The van der Waals surface area contributed by atoms with Gasteiger partial charge in [0, 0.05) is 31.3 Å². The summed E-state index contributed by atoms with van der Waals surface area (Å²) in [6, 6.07) is 9.49. The molecule has 4 heterocycles. The quantitative estimate of drug-likeness (QED) is 0.697. The van der Waals surface area contributed by atoms with Crippen LogP contribution < -0.4 is 9.47 Å². The minimum atomic E-state index is 0.0234. The second-order valence-corrected chi connectivity index (χ2v) is 7.26. The van der Waals surface area contributed by atoms with Gasteiger partial charge in [-0.1, -0.05) is 6.92 Å². The van der Waals surface area contributed by atoms with E-state index >= 15 is 0 Å². The molecule has 0 radical (unpaired) electrons. The van der Waals surface area contributed by atoms with Crippen LogP contribution in [0, 0.1) is 0 Å². The highest BCUT2D eigenvalue weighted by molar-refractivity contribution is 5.95. The number of hydrogen-bond acceptors (Lipinski definition) is 5. The minimum absolute atomic E-state index is 0.0234. The molecule has 2 aromatic heterocycles. The van der Waals surface area contributed by atoms with E-state index in [9.17, 15) is 4.79 Å². The number of aryl methyl sites for hydroxylation is 1. The van der Waals surface area contributed by atoms with E-state index in [4.69, 9.17) is 14.5 Å². The van der Waals surface area contributed by atoms with Crippen LogP contribution in [0.1, 0.15) is 42.0 Å². The van der Waals surface area contributed by atoms with Gasteiger partial charge in [-0.25, -0.2) is 9.97 Å². The Morgan fingerprint density at radius 3 is 3.04 bits per heavy atom. The molecule has 0 spiro atoms. The molecule has 3 aromatic rings. The molecule has 0 aliphatic carbocycles. The summed E-state index contributed by atoms with van der Waals surface area (Å²) in [6.45, 7) is 3.74. The normalized spacial score (nSPS) is 18.2.